The molecule has 0 fully saturated rings. The highest BCUT2D eigenvalue weighted by Gasteiger charge is 2.15. The van der Waals surface area contributed by atoms with Gasteiger partial charge in [0.05, 0.1) is 0 Å². The van der Waals surface area contributed by atoms with E-state index in [9.17, 15) is 0 Å². The molecule has 0 aromatic heterocycles. The molecule has 0 aromatic rings. The summed E-state index contributed by atoms with van der Waals surface area (Å²) in [6.07, 6.45) is 2.18. The molecular formula is C13H30N2. The quantitative estimate of drug-likeness (QED) is 0.691. The first-order valence-electron chi connectivity index (χ1n) is 6.06. The molecule has 0 amide bonds. The van der Waals surface area contributed by atoms with Crippen LogP contribution in [0.1, 0.15) is 54.4 Å². The van der Waals surface area contributed by atoms with Crippen molar-refractivity contribution < 1.29 is 0 Å². The highest BCUT2D eigenvalue weighted by Crippen LogP contribution is 2.20. The van der Waals surface area contributed by atoms with Crippen LogP contribution < -0.4 is 11.1 Å². The zero-order valence-corrected chi connectivity index (χ0v) is 11.5. The maximum absolute atomic E-state index is 6.07. The molecule has 0 saturated heterocycles. The summed E-state index contributed by atoms with van der Waals surface area (Å²) in [5.41, 5.74) is 6.79. The predicted octanol–water partition coefficient (Wildman–Crippen LogP) is 2.78. The third-order valence-corrected chi connectivity index (χ3v) is 2.22. The number of hydrogen-bond acceptors (Lipinski definition) is 2. The largest absolute Gasteiger partial charge is 0.328 e. The molecule has 0 bridgehead atoms. The van der Waals surface area contributed by atoms with Crippen molar-refractivity contribution >= 4 is 0 Å². The van der Waals surface area contributed by atoms with Gasteiger partial charge in [0.2, 0.25) is 0 Å². The van der Waals surface area contributed by atoms with Gasteiger partial charge in [-0.15, -0.1) is 0 Å². The van der Waals surface area contributed by atoms with E-state index in [0.717, 1.165) is 25.9 Å². The van der Waals surface area contributed by atoms with Gasteiger partial charge in [-0.05, 0) is 36.8 Å². The summed E-state index contributed by atoms with van der Waals surface area (Å²) in [5.74, 6) is 0. The third-order valence-electron chi connectivity index (χ3n) is 2.22. The van der Waals surface area contributed by atoms with Gasteiger partial charge in [-0.25, -0.2) is 0 Å². The Balaban J connectivity index is 3.52. The van der Waals surface area contributed by atoms with E-state index < -0.39 is 0 Å². The lowest BCUT2D eigenvalue weighted by Gasteiger charge is -2.24. The van der Waals surface area contributed by atoms with Crippen LogP contribution in [-0.4, -0.2) is 19.1 Å². The van der Waals surface area contributed by atoms with E-state index in [4.69, 9.17) is 5.73 Å². The molecule has 0 saturated carbocycles. The Kier molecular flexibility index (Phi) is 5.82. The van der Waals surface area contributed by atoms with Crippen molar-refractivity contribution in [3.63, 3.8) is 0 Å². The van der Waals surface area contributed by atoms with Crippen LogP contribution in [0.4, 0.5) is 0 Å². The third kappa shape index (κ3) is 11.8. The summed E-state index contributed by atoms with van der Waals surface area (Å²) in [5, 5.41) is 3.46. The average Bonchev–Trinajstić information content (AvgIpc) is 1.92. The summed E-state index contributed by atoms with van der Waals surface area (Å²) < 4.78 is 0. The Morgan fingerprint density at radius 3 is 1.93 bits per heavy atom. The molecule has 0 aliphatic heterocycles. The van der Waals surface area contributed by atoms with E-state index in [1.807, 2.05) is 0 Å². The summed E-state index contributed by atoms with van der Waals surface area (Å²) in [6, 6.07) is 0.331. The minimum absolute atomic E-state index is 0.331. The van der Waals surface area contributed by atoms with Crippen molar-refractivity contribution in [3.8, 4) is 0 Å². The Morgan fingerprint density at radius 1 is 1.00 bits per heavy atom. The summed E-state index contributed by atoms with van der Waals surface area (Å²) in [6.45, 7) is 15.6. The van der Waals surface area contributed by atoms with Gasteiger partial charge in [0.25, 0.3) is 0 Å². The molecular weight excluding hydrogens is 184 g/mol. The fourth-order valence-corrected chi connectivity index (χ4v) is 1.64. The fourth-order valence-electron chi connectivity index (χ4n) is 1.64. The van der Waals surface area contributed by atoms with Crippen molar-refractivity contribution in [2.24, 2.45) is 16.6 Å². The first kappa shape index (κ1) is 14.9. The van der Waals surface area contributed by atoms with Crippen LogP contribution in [0.25, 0.3) is 0 Å². The zero-order valence-electron chi connectivity index (χ0n) is 11.5. The van der Waals surface area contributed by atoms with E-state index in [1.165, 1.54) is 0 Å². The van der Waals surface area contributed by atoms with Crippen LogP contribution in [-0.2, 0) is 0 Å². The van der Waals surface area contributed by atoms with Gasteiger partial charge in [0.1, 0.15) is 0 Å². The van der Waals surface area contributed by atoms with Crippen molar-refractivity contribution in [2.75, 3.05) is 13.1 Å². The van der Waals surface area contributed by atoms with Gasteiger partial charge in [-0.1, -0.05) is 41.5 Å². The number of nitrogens with two attached hydrogens (primary N) is 1. The first-order chi connectivity index (χ1) is 6.60. The second-order valence-corrected chi connectivity index (χ2v) is 7.05. The normalized spacial score (nSPS) is 15.4. The summed E-state index contributed by atoms with van der Waals surface area (Å²) in [7, 11) is 0. The lowest BCUT2D eigenvalue weighted by molar-refractivity contribution is 0.321. The Labute approximate surface area is 96.0 Å². The highest BCUT2D eigenvalue weighted by molar-refractivity contribution is 4.73. The summed E-state index contributed by atoms with van der Waals surface area (Å²) in [4.78, 5) is 0. The van der Waals surface area contributed by atoms with E-state index in [2.05, 4.69) is 46.9 Å². The number of nitrogens with one attached hydrogen (secondary N) is 1. The molecule has 0 aromatic carbocycles. The second-order valence-electron chi connectivity index (χ2n) is 7.05. The van der Waals surface area contributed by atoms with E-state index in [1.54, 1.807) is 0 Å². The maximum Gasteiger partial charge on any atom is 0.00558 e. The molecule has 92 valence electrons. The molecule has 0 aliphatic rings. The van der Waals surface area contributed by atoms with Crippen molar-refractivity contribution in [1.29, 1.82) is 0 Å². The predicted molar refractivity (Wildman–Crippen MR) is 69.0 cm³/mol. The molecule has 0 rings (SSSR count). The molecule has 15 heavy (non-hydrogen) atoms. The molecule has 1 unspecified atom stereocenters. The second kappa shape index (κ2) is 5.86. The molecule has 0 radical (unpaired) electrons. The molecule has 2 nitrogen and oxygen atoms in total. The van der Waals surface area contributed by atoms with Gasteiger partial charge in [0, 0.05) is 6.04 Å². The van der Waals surface area contributed by atoms with E-state index >= 15 is 0 Å². The lowest BCUT2D eigenvalue weighted by Crippen LogP contribution is -2.33. The molecule has 2 heteroatoms. The molecule has 1 atom stereocenters. The van der Waals surface area contributed by atoms with Gasteiger partial charge >= 0.3 is 0 Å². The van der Waals surface area contributed by atoms with Gasteiger partial charge in [0.15, 0.2) is 0 Å². The smallest absolute Gasteiger partial charge is 0.00558 e. The summed E-state index contributed by atoms with van der Waals surface area (Å²) >= 11 is 0. The Bertz CT molecular complexity index is 162. The molecule has 0 spiro atoms. The molecule has 3 N–H and O–H groups in total. The average molecular weight is 214 g/mol. The first-order valence-corrected chi connectivity index (χ1v) is 6.06. The van der Waals surface area contributed by atoms with Crippen molar-refractivity contribution in [3.05, 3.63) is 0 Å². The minimum Gasteiger partial charge on any atom is -0.328 e. The fraction of sp³-hybridized carbons (Fsp3) is 1.00. The monoisotopic (exact) mass is 214 g/mol. The van der Waals surface area contributed by atoms with Crippen molar-refractivity contribution in [1.82, 2.24) is 5.32 Å². The number of hydrogen-bond donors (Lipinski definition) is 2. The van der Waals surface area contributed by atoms with Crippen LogP contribution in [0.2, 0.25) is 0 Å². The van der Waals surface area contributed by atoms with Crippen LogP contribution in [0.3, 0.4) is 0 Å². The Hall–Kier alpha value is -0.0800. The SMILES string of the molecule is CC(C)(C)CNCCC(N)CC(C)(C)C. The van der Waals surface area contributed by atoms with Crippen LogP contribution in [0, 0.1) is 10.8 Å². The van der Waals surface area contributed by atoms with E-state index in [0.29, 0.717) is 16.9 Å². The van der Waals surface area contributed by atoms with Crippen LogP contribution in [0.15, 0.2) is 0 Å². The number of rotatable bonds is 5. The standard InChI is InChI=1S/C13H30N2/c1-12(2,3)9-11(14)7-8-15-10-13(4,5)6/h11,15H,7-10,14H2,1-6H3. The Morgan fingerprint density at radius 2 is 1.53 bits per heavy atom. The molecule has 0 aliphatic carbocycles. The van der Waals surface area contributed by atoms with Gasteiger partial charge in [-0.3, -0.25) is 0 Å². The highest BCUT2D eigenvalue weighted by atomic mass is 14.9. The zero-order chi connectivity index (χ0) is 12.1. The van der Waals surface area contributed by atoms with Crippen LogP contribution in [0.5, 0.6) is 0 Å². The van der Waals surface area contributed by atoms with E-state index in [-0.39, 0.29) is 0 Å². The van der Waals surface area contributed by atoms with Gasteiger partial charge < -0.3 is 11.1 Å². The topological polar surface area (TPSA) is 38.0 Å². The van der Waals surface area contributed by atoms with Crippen molar-refractivity contribution in [2.45, 2.75) is 60.4 Å². The molecule has 0 heterocycles. The minimum atomic E-state index is 0.331. The lowest BCUT2D eigenvalue weighted by atomic mass is 9.87. The maximum atomic E-state index is 6.07. The van der Waals surface area contributed by atoms with Gasteiger partial charge in [-0.2, -0.15) is 0 Å². The van der Waals surface area contributed by atoms with Crippen LogP contribution >= 0.6 is 0 Å².